The number of nitrogens with zero attached hydrogens (tertiary/aromatic N) is 2. The molecule has 0 unspecified atom stereocenters. The summed E-state index contributed by atoms with van der Waals surface area (Å²) in [5.41, 5.74) is 1.12. The van der Waals surface area contributed by atoms with E-state index in [1.165, 1.54) is 20.3 Å². The summed E-state index contributed by atoms with van der Waals surface area (Å²) in [6.07, 6.45) is 3.11. The molecule has 2 heterocycles. The molecule has 172 valence electrons. The second kappa shape index (κ2) is 9.54. The largest absolute Gasteiger partial charge is 0.497 e. The number of carbonyl (C=O) groups is 3. The van der Waals surface area contributed by atoms with Crippen LogP contribution in [0.2, 0.25) is 0 Å². The average molecular weight is 470 g/mol. The SMILES string of the molecule is COc1ccc(OC)c(N2C(=O)C(Cl)=C(Nc3cccc(C(=O)N4CCCCC4)c3)C2=O)c1. The summed E-state index contributed by atoms with van der Waals surface area (Å²) >= 11 is 6.27. The van der Waals surface area contributed by atoms with E-state index in [4.69, 9.17) is 21.1 Å². The zero-order valence-corrected chi connectivity index (χ0v) is 19.1. The molecule has 2 aromatic rings. The second-order valence-corrected chi connectivity index (χ2v) is 8.11. The number of amides is 3. The van der Waals surface area contributed by atoms with Crippen LogP contribution in [0.15, 0.2) is 53.2 Å². The van der Waals surface area contributed by atoms with Gasteiger partial charge in [-0.25, -0.2) is 4.90 Å². The predicted octanol–water partition coefficient (Wildman–Crippen LogP) is 3.77. The molecule has 0 spiro atoms. The Morgan fingerprint density at radius 1 is 0.970 bits per heavy atom. The number of hydrogen-bond donors (Lipinski definition) is 1. The molecule has 33 heavy (non-hydrogen) atoms. The van der Waals surface area contributed by atoms with Crippen LogP contribution in [0.4, 0.5) is 11.4 Å². The smallest absolute Gasteiger partial charge is 0.283 e. The molecule has 2 aliphatic rings. The van der Waals surface area contributed by atoms with Gasteiger partial charge in [-0.1, -0.05) is 17.7 Å². The minimum absolute atomic E-state index is 0.0602. The fraction of sp³-hybridized carbons (Fsp3) is 0.292. The monoisotopic (exact) mass is 469 g/mol. The predicted molar refractivity (Wildman–Crippen MR) is 125 cm³/mol. The number of nitrogens with one attached hydrogen (secondary N) is 1. The third kappa shape index (κ3) is 4.39. The third-order valence-corrected chi connectivity index (χ3v) is 6.03. The van der Waals surface area contributed by atoms with Gasteiger partial charge in [-0.15, -0.1) is 0 Å². The van der Waals surface area contributed by atoms with Crippen LogP contribution in [0, 0.1) is 0 Å². The van der Waals surface area contributed by atoms with Crippen LogP contribution in [-0.4, -0.2) is 49.9 Å². The lowest BCUT2D eigenvalue weighted by Gasteiger charge is -2.26. The topological polar surface area (TPSA) is 88.2 Å². The van der Waals surface area contributed by atoms with Gasteiger partial charge in [0.05, 0.1) is 19.9 Å². The van der Waals surface area contributed by atoms with Crippen LogP contribution in [0.5, 0.6) is 11.5 Å². The molecule has 1 N–H and O–H groups in total. The van der Waals surface area contributed by atoms with Crippen molar-refractivity contribution in [3.63, 3.8) is 0 Å². The molecule has 4 rings (SSSR count). The lowest BCUT2D eigenvalue weighted by atomic mass is 10.1. The van der Waals surface area contributed by atoms with E-state index in [9.17, 15) is 14.4 Å². The van der Waals surface area contributed by atoms with Gasteiger partial charge in [0.15, 0.2) is 0 Å². The van der Waals surface area contributed by atoms with E-state index in [1.54, 1.807) is 36.4 Å². The van der Waals surface area contributed by atoms with Crippen LogP contribution in [-0.2, 0) is 9.59 Å². The van der Waals surface area contributed by atoms with Crippen molar-refractivity contribution in [1.29, 1.82) is 0 Å². The van der Waals surface area contributed by atoms with Crippen LogP contribution in [0.1, 0.15) is 29.6 Å². The Balaban J connectivity index is 1.59. The Morgan fingerprint density at radius 2 is 1.73 bits per heavy atom. The van der Waals surface area contributed by atoms with Crippen LogP contribution < -0.4 is 19.7 Å². The zero-order chi connectivity index (χ0) is 23.5. The normalized spacial score (nSPS) is 16.3. The van der Waals surface area contributed by atoms with Gasteiger partial charge >= 0.3 is 0 Å². The van der Waals surface area contributed by atoms with E-state index < -0.39 is 11.8 Å². The molecular formula is C24H24ClN3O5. The number of piperidine rings is 1. The second-order valence-electron chi connectivity index (χ2n) is 7.73. The van der Waals surface area contributed by atoms with Crippen molar-refractivity contribution in [2.24, 2.45) is 0 Å². The zero-order valence-electron chi connectivity index (χ0n) is 18.4. The number of carbonyl (C=O) groups excluding carboxylic acids is 3. The Labute approximate surface area is 196 Å². The maximum atomic E-state index is 13.2. The molecule has 0 aromatic heterocycles. The fourth-order valence-electron chi connectivity index (χ4n) is 3.96. The number of likely N-dealkylation sites (tertiary alicyclic amines) is 1. The maximum absolute atomic E-state index is 13.2. The Hall–Kier alpha value is -3.52. The van der Waals surface area contributed by atoms with Gasteiger partial charge in [0, 0.05) is 30.4 Å². The van der Waals surface area contributed by atoms with Gasteiger partial charge in [-0.05, 0) is 49.6 Å². The number of hydrogen-bond acceptors (Lipinski definition) is 6. The van der Waals surface area contributed by atoms with Gasteiger partial charge in [-0.2, -0.15) is 0 Å². The first-order chi connectivity index (χ1) is 15.9. The van der Waals surface area contributed by atoms with Gasteiger partial charge in [0.25, 0.3) is 17.7 Å². The molecule has 0 atom stereocenters. The number of benzene rings is 2. The van der Waals surface area contributed by atoms with E-state index in [-0.39, 0.29) is 22.3 Å². The van der Waals surface area contributed by atoms with Crippen molar-refractivity contribution >= 4 is 40.7 Å². The van der Waals surface area contributed by atoms with Crippen LogP contribution in [0.3, 0.4) is 0 Å². The van der Waals surface area contributed by atoms with Crippen LogP contribution in [0.25, 0.3) is 0 Å². The first-order valence-corrected chi connectivity index (χ1v) is 11.0. The van der Waals surface area contributed by atoms with E-state index >= 15 is 0 Å². The molecule has 2 aromatic carbocycles. The van der Waals surface area contributed by atoms with Crippen molar-refractivity contribution in [1.82, 2.24) is 4.90 Å². The van der Waals surface area contributed by atoms with Crippen molar-refractivity contribution < 1.29 is 23.9 Å². The summed E-state index contributed by atoms with van der Waals surface area (Å²) < 4.78 is 10.5. The van der Waals surface area contributed by atoms with E-state index in [1.807, 2.05) is 4.90 Å². The van der Waals surface area contributed by atoms with Crippen LogP contribution >= 0.6 is 11.6 Å². The lowest BCUT2D eigenvalue weighted by molar-refractivity contribution is -0.120. The number of anilines is 2. The van der Waals surface area contributed by atoms with Crippen molar-refractivity contribution in [2.45, 2.75) is 19.3 Å². The standard InChI is InChI=1S/C24H24ClN3O5/c1-32-17-9-10-19(33-2)18(14-17)28-23(30)20(25)21(24(28)31)26-16-8-6-7-15(13-16)22(29)27-11-4-3-5-12-27/h6-10,13-14,26H,3-5,11-12H2,1-2H3. The molecule has 0 saturated carbocycles. The van der Waals surface area contributed by atoms with Crippen molar-refractivity contribution in [2.75, 3.05) is 37.5 Å². The van der Waals surface area contributed by atoms with Gasteiger partial charge < -0.3 is 19.7 Å². The summed E-state index contributed by atoms with van der Waals surface area (Å²) in [4.78, 5) is 41.7. The summed E-state index contributed by atoms with van der Waals surface area (Å²) in [6, 6.07) is 11.6. The van der Waals surface area contributed by atoms with E-state index in [2.05, 4.69) is 5.32 Å². The highest BCUT2D eigenvalue weighted by molar-refractivity contribution is 6.53. The van der Waals surface area contributed by atoms with Gasteiger partial charge in [0.1, 0.15) is 22.2 Å². The molecule has 9 heteroatoms. The number of rotatable bonds is 6. The van der Waals surface area contributed by atoms with Gasteiger partial charge in [-0.3, -0.25) is 14.4 Å². The molecule has 8 nitrogen and oxygen atoms in total. The lowest BCUT2D eigenvalue weighted by Crippen LogP contribution is -2.35. The highest BCUT2D eigenvalue weighted by Gasteiger charge is 2.40. The summed E-state index contributed by atoms with van der Waals surface area (Å²) in [5.74, 6) is -0.610. The third-order valence-electron chi connectivity index (χ3n) is 5.68. The van der Waals surface area contributed by atoms with Gasteiger partial charge in [0.2, 0.25) is 0 Å². The highest BCUT2D eigenvalue weighted by Crippen LogP contribution is 2.38. The van der Waals surface area contributed by atoms with E-state index in [0.717, 1.165) is 37.3 Å². The average Bonchev–Trinajstić information content (AvgIpc) is 3.06. The number of ether oxygens (including phenoxy) is 2. The Bertz CT molecular complexity index is 1140. The number of methoxy groups -OCH3 is 2. The minimum atomic E-state index is -0.684. The molecule has 2 aliphatic heterocycles. The molecule has 0 radical (unpaired) electrons. The number of halogens is 1. The number of imide groups is 1. The summed E-state index contributed by atoms with van der Waals surface area (Å²) in [5, 5.41) is 2.68. The molecular weight excluding hydrogens is 446 g/mol. The minimum Gasteiger partial charge on any atom is -0.497 e. The Morgan fingerprint density at radius 3 is 2.42 bits per heavy atom. The molecule has 1 saturated heterocycles. The molecule has 0 aliphatic carbocycles. The van der Waals surface area contributed by atoms with E-state index in [0.29, 0.717) is 22.7 Å². The summed E-state index contributed by atoms with van der Waals surface area (Å²) in [6.45, 7) is 1.47. The molecule has 3 amide bonds. The molecule has 0 bridgehead atoms. The Kier molecular flexibility index (Phi) is 6.55. The first-order valence-electron chi connectivity index (χ1n) is 10.6. The van der Waals surface area contributed by atoms with Crippen molar-refractivity contribution in [3.05, 3.63) is 58.8 Å². The highest BCUT2D eigenvalue weighted by atomic mass is 35.5. The summed E-state index contributed by atoms with van der Waals surface area (Å²) in [7, 11) is 2.92. The molecule has 1 fully saturated rings. The fourth-order valence-corrected chi connectivity index (χ4v) is 4.17. The quantitative estimate of drug-likeness (QED) is 0.648. The maximum Gasteiger partial charge on any atom is 0.283 e. The first kappa shape index (κ1) is 22.7. The van der Waals surface area contributed by atoms with Crippen molar-refractivity contribution in [3.8, 4) is 11.5 Å².